The van der Waals surface area contributed by atoms with Crippen LogP contribution in [0.4, 0.5) is 0 Å². The molecule has 0 spiro atoms. The normalized spacial score (nSPS) is 23.8. The molecule has 2 saturated carbocycles. The number of hydrogen-bond donors (Lipinski definition) is 1. The van der Waals surface area contributed by atoms with Gasteiger partial charge in [-0.25, -0.2) is 0 Å². The molecular formula is C28H37NS. The molecule has 0 amide bonds. The maximum Gasteiger partial charge on any atom is 0.0421 e. The quantitative estimate of drug-likeness (QED) is 0.536. The van der Waals surface area contributed by atoms with Crippen molar-refractivity contribution in [3.63, 3.8) is 0 Å². The summed E-state index contributed by atoms with van der Waals surface area (Å²) in [7, 11) is 0. The van der Waals surface area contributed by atoms with Crippen LogP contribution >= 0.6 is 11.8 Å². The highest BCUT2D eigenvalue weighted by molar-refractivity contribution is 7.99. The van der Waals surface area contributed by atoms with Gasteiger partial charge in [-0.05, 0) is 59.8 Å². The molecule has 0 bridgehead atoms. The molecule has 3 aliphatic rings. The Balaban J connectivity index is 1.38. The molecule has 1 aliphatic heterocycles. The van der Waals surface area contributed by atoms with Gasteiger partial charge in [-0.2, -0.15) is 0 Å². The lowest BCUT2D eigenvalue weighted by Gasteiger charge is -2.27. The van der Waals surface area contributed by atoms with Gasteiger partial charge in [-0.1, -0.05) is 87.1 Å². The second-order valence-electron chi connectivity index (χ2n) is 9.81. The van der Waals surface area contributed by atoms with E-state index in [1.165, 1.54) is 81.1 Å². The summed E-state index contributed by atoms with van der Waals surface area (Å²) in [6.07, 6.45) is 14.0. The second-order valence-corrected chi connectivity index (χ2v) is 10.8. The van der Waals surface area contributed by atoms with Crippen molar-refractivity contribution < 1.29 is 0 Å². The molecule has 3 fully saturated rings. The molecular weight excluding hydrogens is 382 g/mol. The monoisotopic (exact) mass is 419 g/mol. The minimum absolute atomic E-state index is 0.459. The Morgan fingerprint density at radius 3 is 1.50 bits per heavy atom. The summed E-state index contributed by atoms with van der Waals surface area (Å²) in [6.45, 7) is 0. The molecule has 5 rings (SSSR count). The number of rotatable bonds is 5. The van der Waals surface area contributed by atoms with E-state index in [0.29, 0.717) is 12.0 Å². The Labute approximate surface area is 187 Å². The van der Waals surface area contributed by atoms with Crippen molar-refractivity contribution in [2.45, 2.75) is 88.0 Å². The van der Waals surface area contributed by atoms with Crippen molar-refractivity contribution in [2.75, 3.05) is 11.6 Å². The van der Waals surface area contributed by atoms with Crippen molar-refractivity contribution in [3.05, 3.63) is 70.8 Å². The Kier molecular flexibility index (Phi) is 6.82. The number of benzene rings is 2. The van der Waals surface area contributed by atoms with E-state index in [-0.39, 0.29) is 0 Å². The fraction of sp³-hybridized carbons (Fsp3) is 0.571. The summed E-state index contributed by atoms with van der Waals surface area (Å²) in [6, 6.07) is 20.1. The van der Waals surface area contributed by atoms with Crippen LogP contribution < -0.4 is 5.32 Å². The summed E-state index contributed by atoms with van der Waals surface area (Å²) < 4.78 is 0. The highest BCUT2D eigenvalue weighted by Gasteiger charge is 2.28. The van der Waals surface area contributed by atoms with E-state index in [2.05, 4.69) is 53.8 Å². The molecule has 1 heterocycles. The average Bonchev–Trinajstić information content (AvgIpc) is 3.36. The smallest absolute Gasteiger partial charge is 0.0421 e. The number of thioether (sulfide) groups is 1. The van der Waals surface area contributed by atoms with Gasteiger partial charge in [0, 0.05) is 23.6 Å². The molecule has 0 radical (unpaired) electrons. The first-order valence-corrected chi connectivity index (χ1v) is 13.5. The highest BCUT2D eigenvalue weighted by Crippen LogP contribution is 2.38. The standard InChI is InChI=1S/C28H37NS/c1-3-7-21(8-4-1)23-11-15-25(16-12-23)28(27-19-30-20-29-27)26-17-13-24(14-18-26)22-9-5-2-6-10-22/h11-18,21-22,27-29H,1-10,19-20H2/t27-/m1/s1. The lowest BCUT2D eigenvalue weighted by Crippen LogP contribution is -2.31. The van der Waals surface area contributed by atoms with Crippen molar-refractivity contribution >= 4 is 11.8 Å². The van der Waals surface area contributed by atoms with Crippen LogP contribution in [0, 0.1) is 0 Å². The van der Waals surface area contributed by atoms with Crippen LogP contribution in [0.15, 0.2) is 48.5 Å². The van der Waals surface area contributed by atoms with Gasteiger partial charge < -0.3 is 5.32 Å². The average molecular weight is 420 g/mol. The van der Waals surface area contributed by atoms with Crippen molar-refractivity contribution in [2.24, 2.45) is 0 Å². The zero-order valence-electron chi connectivity index (χ0n) is 18.3. The van der Waals surface area contributed by atoms with Crippen LogP contribution in [0.5, 0.6) is 0 Å². The molecule has 2 heteroatoms. The van der Waals surface area contributed by atoms with Crippen LogP contribution in [0.3, 0.4) is 0 Å². The Bertz CT molecular complexity index is 717. The predicted molar refractivity (Wildman–Crippen MR) is 131 cm³/mol. The summed E-state index contributed by atoms with van der Waals surface area (Å²) in [5.41, 5.74) is 6.11. The lowest BCUT2D eigenvalue weighted by molar-refractivity contribution is 0.443. The number of hydrogen-bond acceptors (Lipinski definition) is 2. The van der Waals surface area contributed by atoms with E-state index >= 15 is 0 Å². The molecule has 1 nitrogen and oxygen atoms in total. The third-order valence-corrected chi connectivity index (χ3v) is 8.86. The van der Waals surface area contributed by atoms with E-state index in [1.54, 1.807) is 11.1 Å². The van der Waals surface area contributed by atoms with Crippen LogP contribution in [0.1, 0.15) is 104 Å². The van der Waals surface area contributed by atoms with Crippen molar-refractivity contribution in [3.8, 4) is 0 Å². The maximum absolute atomic E-state index is 3.77. The molecule has 1 saturated heterocycles. The van der Waals surface area contributed by atoms with Crippen LogP contribution in [0.25, 0.3) is 0 Å². The molecule has 1 atom stereocenters. The molecule has 2 aromatic carbocycles. The zero-order chi connectivity index (χ0) is 20.2. The van der Waals surface area contributed by atoms with Crippen LogP contribution in [0.2, 0.25) is 0 Å². The highest BCUT2D eigenvalue weighted by atomic mass is 32.2. The summed E-state index contributed by atoms with van der Waals surface area (Å²) >= 11 is 2.04. The van der Waals surface area contributed by atoms with Crippen LogP contribution in [-0.2, 0) is 0 Å². The maximum atomic E-state index is 3.77. The largest absolute Gasteiger partial charge is 0.303 e. The summed E-state index contributed by atoms with van der Waals surface area (Å²) in [5.74, 6) is 4.34. The first-order chi connectivity index (χ1) is 14.9. The lowest BCUT2D eigenvalue weighted by atomic mass is 9.80. The van der Waals surface area contributed by atoms with Gasteiger partial charge >= 0.3 is 0 Å². The van der Waals surface area contributed by atoms with E-state index in [1.807, 2.05) is 11.8 Å². The van der Waals surface area contributed by atoms with E-state index < -0.39 is 0 Å². The van der Waals surface area contributed by atoms with E-state index in [9.17, 15) is 0 Å². The second kappa shape index (κ2) is 9.92. The molecule has 2 aliphatic carbocycles. The third kappa shape index (κ3) is 4.65. The first kappa shape index (κ1) is 20.6. The van der Waals surface area contributed by atoms with Gasteiger partial charge in [0.2, 0.25) is 0 Å². The van der Waals surface area contributed by atoms with Gasteiger partial charge in [0.1, 0.15) is 0 Å². The Hall–Kier alpha value is -1.25. The minimum atomic E-state index is 0.459. The van der Waals surface area contributed by atoms with Gasteiger partial charge in [0.15, 0.2) is 0 Å². The predicted octanol–water partition coefficient (Wildman–Crippen LogP) is 7.58. The molecule has 30 heavy (non-hydrogen) atoms. The Morgan fingerprint density at radius 2 is 1.10 bits per heavy atom. The fourth-order valence-electron chi connectivity index (χ4n) is 6.10. The Morgan fingerprint density at radius 1 is 0.633 bits per heavy atom. The molecule has 0 unspecified atom stereocenters. The summed E-state index contributed by atoms with van der Waals surface area (Å²) in [5, 5.41) is 3.77. The van der Waals surface area contributed by atoms with Gasteiger partial charge in [0.25, 0.3) is 0 Å². The van der Waals surface area contributed by atoms with Gasteiger partial charge in [0.05, 0.1) is 0 Å². The molecule has 2 aromatic rings. The molecule has 1 N–H and O–H groups in total. The summed E-state index contributed by atoms with van der Waals surface area (Å²) in [4.78, 5) is 0. The molecule has 160 valence electrons. The van der Waals surface area contributed by atoms with Crippen LogP contribution in [-0.4, -0.2) is 17.7 Å². The third-order valence-electron chi connectivity index (χ3n) is 7.89. The zero-order valence-corrected chi connectivity index (χ0v) is 19.1. The van der Waals surface area contributed by atoms with Crippen molar-refractivity contribution in [1.82, 2.24) is 5.32 Å². The topological polar surface area (TPSA) is 12.0 Å². The van der Waals surface area contributed by atoms with E-state index in [4.69, 9.17) is 0 Å². The van der Waals surface area contributed by atoms with Gasteiger partial charge in [-0.3, -0.25) is 0 Å². The molecule has 0 aromatic heterocycles. The fourth-order valence-corrected chi connectivity index (χ4v) is 7.12. The van der Waals surface area contributed by atoms with Gasteiger partial charge in [-0.15, -0.1) is 11.8 Å². The first-order valence-electron chi connectivity index (χ1n) is 12.4. The minimum Gasteiger partial charge on any atom is -0.303 e. The number of nitrogens with one attached hydrogen (secondary N) is 1. The van der Waals surface area contributed by atoms with E-state index in [0.717, 1.165) is 17.7 Å². The van der Waals surface area contributed by atoms with Crippen molar-refractivity contribution in [1.29, 1.82) is 0 Å². The SMILES string of the molecule is c1cc(C(c2ccc(C3CCCCC3)cc2)[C@H]2CSCN2)ccc1C1CCCCC1.